The highest BCUT2D eigenvalue weighted by atomic mass is 35.5. The molecule has 3 heterocycles. The molecule has 2 aromatic heterocycles. The zero-order chi connectivity index (χ0) is 17.6. The van der Waals surface area contributed by atoms with Crippen molar-refractivity contribution in [2.75, 3.05) is 7.11 Å². The summed E-state index contributed by atoms with van der Waals surface area (Å²) >= 11 is 12.6. The fraction of sp³-hybridized carbons (Fsp3) is 0.167. The summed E-state index contributed by atoms with van der Waals surface area (Å²) in [6, 6.07) is 7.11. The fourth-order valence-electron chi connectivity index (χ4n) is 3.06. The van der Waals surface area contributed by atoms with E-state index in [9.17, 15) is 4.79 Å². The number of carbonyl (C=O) groups excluding carboxylic acids is 1. The third-order valence-electron chi connectivity index (χ3n) is 4.31. The van der Waals surface area contributed by atoms with Crippen LogP contribution >= 0.6 is 23.2 Å². The first-order valence-corrected chi connectivity index (χ1v) is 8.38. The van der Waals surface area contributed by atoms with Gasteiger partial charge >= 0.3 is 0 Å². The molecule has 126 valence electrons. The average Bonchev–Trinajstić information content (AvgIpc) is 3.09. The summed E-state index contributed by atoms with van der Waals surface area (Å²) in [6.45, 7) is 0.946. The highest BCUT2D eigenvalue weighted by Gasteiger charge is 2.28. The lowest BCUT2D eigenvalue weighted by Crippen LogP contribution is -2.26. The summed E-state index contributed by atoms with van der Waals surface area (Å²) in [6.07, 6.45) is 3.36. The highest BCUT2D eigenvalue weighted by Crippen LogP contribution is 2.41. The number of benzene rings is 1. The predicted octanol–water partition coefficient (Wildman–Crippen LogP) is 4.10. The standard InChI is InChI=1S/C18H13Cl2N3O2/c1-25-14-6-11-12-9-23(18(24)13-4-2-3-5-21-13)8-10(12)7-22-17(11)16(20)15(14)19/h2-7H,8-9H2,1H3. The Bertz CT molecular complexity index is 993. The Hall–Kier alpha value is -2.37. The van der Waals surface area contributed by atoms with Crippen molar-refractivity contribution in [3.05, 3.63) is 63.5 Å². The van der Waals surface area contributed by atoms with Crippen molar-refractivity contribution in [2.45, 2.75) is 13.1 Å². The van der Waals surface area contributed by atoms with E-state index in [4.69, 9.17) is 27.9 Å². The predicted molar refractivity (Wildman–Crippen MR) is 96.1 cm³/mol. The Morgan fingerprint density at radius 2 is 2.04 bits per heavy atom. The van der Waals surface area contributed by atoms with Gasteiger partial charge in [-0.15, -0.1) is 0 Å². The van der Waals surface area contributed by atoms with E-state index in [2.05, 4.69) is 9.97 Å². The van der Waals surface area contributed by atoms with Crippen LogP contribution in [-0.4, -0.2) is 27.9 Å². The van der Waals surface area contributed by atoms with Gasteiger partial charge in [0.25, 0.3) is 5.91 Å². The van der Waals surface area contributed by atoms with Crippen LogP contribution in [0.1, 0.15) is 21.6 Å². The molecule has 0 bridgehead atoms. The highest BCUT2D eigenvalue weighted by molar-refractivity contribution is 6.46. The Morgan fingerprint density at radius 3 is 2.76 bits per heavy atom. The smallest absolute Gasteiger partial charge is 0.273 e. The van der Waals surface area contributed by atoms with Crippen LogP contribution in [0.3, 0.4) is 0 Å². The van der Waals surface area contributed by atoms with E-state index in [1.807, 2.05) is 6.07 Å². The molecule has 1 aliphatic rings. The van der Waals surface area contributed by atoms with E-state index in [1.54, 1.807) is 35.5 Å². The maximum Gasteiger partial charge on any atom is 0.273 e. The number of aromatic nitrogens is 2. The zero-order valence-electron chi connectivity index (χ0n) is 13.3. The Kier molecular flexibility index (Phi) is 3.98. The maximum absolute atomic E-state index is 12.7. The molecular weight excluding hydrogens is 361 g/mol. The van der Waals surface area contributed by atoms with Crippen LogP contribution < -0.4 is 4.74 Å². The van der Waals surface area contributed by atoms with Crippen LogP contribution in [0.5, 0.6) is 5.75 Å². The molecule has 4 rings (SSSR count). The van der Waals surface area contributed by atoms with Crippen LogP contribution in [0.2, 0.25) is 10.0 Å². The number of amides is 1. The molecule has 0 aliphatic carbocycles. The fourth-order valence-corrected chi connectivity index (χ4v) is 3.53. The van der Waals surface area contributed by atoms with Gasteiger partial charge in [0, 0.05) is 30.9 Å². The van der Waals surface area contributed by atoms with Crippen molar-refractivity contribution >= 4 is 40.0 Å². The second kappa shape index (κ2) is 6.17. The molecule has 3 aromatic rings. The molecule has 25 heavy (non-hydrogen) atoms. The number of rotatable bonds is 2. The Morgan fingerprint density at radius 1 is 1.20 bits per heavy atom. The van der Waals surface area contributed by atoms with Gasteiger partial charge in [0.2, 0.25) is 0 Å². The van der Waals surface area contributed by atoms with Crippen LogP contribution in [0.4, 0.5) is 0 Å². The molecule has 1 aliphatic heterocycles. The number of hydrogen-bond acceptors (Lipinski definition) is 4. The van der Waals surface area contributed by atoms with Crippen LogP contribution in [-0.2, 0) is 13.1 Å². The van der Waals surface area contributed by atoms with Crippen molar-refractivity contribution in [2.24, 2.45) is 0 Å². The normalized spacial score (nSPS) is 13.2. The lowest BCUT2D eigenvalue weighted by molar-refractivity contribution is 0.0746. The van der Waals surface area contributed by atoms with Crippen LogP contribution in [0.15, 0.2) is 36.7 Å². The number of nitrogens with zero attached hydrogens (tertiary/aromatic N) is 3. The van der Waals surface area contributed by atoms with E-state index in [1.165, 1.54) is 7.11 Å². The Labute approximate surface area is 154 Å². The van der Waals surface area contributed by atoms with Gasteiger partial charge in [0.1, 0.15) is 16.5 Å². The second-order valence-electron chi connectivity index (χ2n) is 5.74. The van der Waals surface area contributed by atoms with Crippen molar-refractivity contribution < 1.29 is 9.53 Å². The zero-order valence-corrected chi connectivity index (χ0v) is 14.8. The van der Waals surface area contributed by atoms with Crippen molar-refractivity contribution in [1.82, 2.24) is 14.9 Å². The lowest BCUT2D eigenvalue weighted by atomic mass is 10.1. The molecule has 0 fully saturated rings. The summed E-state index contributed by atoms with van der Waals surface area (Å²) in [5, 5.41) is 1.54. The van der Waals surface area contributed by atoms with Gasteiger partial charge in [-0.25, -0.2) is 0 Å². The molecule has 1 amide bonds. The molecule has 0 saturated carbocycles. The minimum atomic E-state index is -0.114. The van der Waals surface area contributed by atoms with Crippen molar-refractivity contribution in [3.63, 3.8) is 0 Å². The van der Waals surface area contributed by atoms with Crippen LogP contribution in [0, 0.1) is 0 Å². The first-order chi connectivity index (χ1) is 12.1. The van der Waals surface area contributed by atoms with Gasteiger partial charge in [0.05, 0.1) is 17.6 Å². The lowest BCUT2D eigenvalue weighted by Gasteiger charge is -2.14. The van der Waals surface area contributed by atoms with E-state index in [0.29, 0.717) is 40.1 Å². The number of methoxy groups -OCH3 is 1. The minimum absolute atomic E-state index is 0.114. The monoisotopic (exact) mass is 373 g/mol. The van der Waals surface area contributed by atoms with E-state index in [0.717, 1.165) is 16.5 Å². The molecule has 0 N–H and O–H groups in total. The van der Waals surface area contributed by atoms with Crippen LogP contribution in [0.25, 0.3) is 10.9 Å². The van der Waals surface area contributed by atoms with Gasteiger partial charge in [-0.2, -0.15) is 0 Å². The number of pyridine rings is 2. The molecule has 0 radical (unpaired) electrons. The summed E-state index contributed by atoms with van der Waals surface area (Å²) in [5.74, 6) is 0.376. The van der Waals surface area contributed by atoms with Gasteiger partial charge in [-0.1, -0.05) is 29.3 Å². The first-order valence-electron chi connectivity index (χ1n) is 7.63. The molecule has 0 saturated heterocycles. The molecule has 7 heteroatoms. The summed E-state index contributed by atoms with van der Waals surface area (Å²) in [4.78, 5) is 23.0. The van der Waals surface area contributed by atoms with Gasteiger partial charge in [-0.05, 0) is 29.3 Å². The number of ether oxygens (including phenoxy) is 1. The third kappa shape index (κ3) is 2.60. The first kappa shape index (κ1) is 16.1. The van der Waals surface area contributed by atoms with Crippen molar-refractivity contribution in [1.29, 1.82) is 0 Å². The third-order valence-corrected chi connectivity index (χ3v) is 5.15. The van der Waals surface area contributed by atoms with Gasteiger partial charge < -0.3 is 9.64 Å². The molecule has 0 atom stereocenters. The molecule has 0 unspecified atom stereocenters. The van der Waals surface area contributed by atoms with E-state index >= 15 is 0 Å². The quantitative estimate of drug-likeness (QED) is 0.678. The maximum atomic E-state index is 12.7. The van der Waals surface area contributed by atoms with Gasteiger partial charge in [0.15, 0.2) is 0 Å². The van der Waals surface area contributed by atoms with Crippen molar-refractivity contribution in [3.8, 4) is 5.75 Å². The minimum Gasteiger partial charge on any atom is -0.495 e. The number of fused-ring (bicyclic) bond motifs is 3. The summed E-state index contributed by atoms with van der Waals surface area (Å²) in [7, 11) is 1.54. The molecular formula is C18H13Cl2N3O2. The average molecular weight is 374 g/mol. The Balaban J connectivity index is 1.78. The largest absolute Gasteiger partial charge is 0.495 e. The number of carbonyl (C=O) groups is 1. The SMILES string of the molecule is COc1cc2c3c(cnc2c(Cl)c1Cl)CN(C(=O)c1ccccn1)C3. The summed E-state index contributed by atoms with van der Waals surface area (Å²) in [5.41, 5.74) is 3.02. The summed E-state index contributed by atoms with van der Waals surface area (Å²) < 4.78 is 5.30. The van der Waals surface area contributed by atoms with E-state index < -0.39 is 0 Å². The molecule has 1 aromatic carbocycles. The number of hydrogen-bond donors (Lipinski definition) is 0. The second-order valence-corrected chi connectivity index (χ2v) is 6.50. The van der Waals surface area contributed by atoms with Gasteiger partial charge in [-0.3, -0.25) is 14.8 Å². The molecule has 5 nitrogen and oxygen atoms in total. The van der Waals surface area contributed by atoms with E-state index in [-0.39, 0.29) is 5.91 Å². The number of halogens is 2. The topological polar surface area (TPSA) is 55.3 Å². The molecule has 0 spiro atoms.